The number of rotatable bonds is 4. The zero-order chi connectivity index (χ0) is 14.7. The molecule has 1 amide bonds. The molecule has 6 heteroatoms. The average molecular weight is 366 g/mol. The van der Waals surface area contributed by atoms with E-state index in [9.17, 15) is 4.79 Å². The number of hydrogen-bond acceptors (Lipinski definition) is 3. The van der Waals surface area contributed by atoms with Crippen molar-refractivity contribution < 1.29 is 4.79 Å². The van der Waals surface area contributed by atoms with E-state index in [1.807, 2.05) is 0 Å². The minimum atomic E-state index is 0. The van der Waals surface area contributed by atoms with Gasteiger partial charge in [0, 0.05) is 32.1 Å². The fourth-order valence-electron chi connectivity index (χ4n) is 4.37. The first-order chi connectivity index (χ1) is 10.2. The molecule has 2 heterocycles. The Kier molecular flexibility index (Phi) is 9.20. The first-order valence-corrected chi connectivity index (χ1v) is 8.98. The summed E-state index contributed by atoms with van der Waals surface area (Å²) in [4.78, 5) is 17.1. The van der Waals surface area contributed by atoms with Gasteiger partial charge in [0.05, 0.1) is 0 Å². The number of likely N-dealkylation sites (tertiary alicyclic amines) is 2. The molecule has 23 heavy (non-hydrogen) atoms. The summed E-state index contributed by atoms with van der Waals surface area (Å²) < 4.78 is 0. The third-order valence-corrected chi connectivity index (χ3v) is 5.84. The standard InChI is InChI=1S/C17H31N3O.2ClH/c18-16-5-3-4-15(16)12-17(21)20-10-6-14(7-11-20)13-19-8-1-2-9-19;;/h14-16H,1-13,18H2;2*1H/t15-,16+;;/m0../s1. The summed E-state index contributed by atoms with van der Waals surface area (Å²) in [5, 5.41) is 0. The number of amides is 1. The van der Waals surface area contributed by atoms with Crippen LogP contribution in [0.2, 0.25) is 0 Å². The first kappa shape index (κ1) is 21.0. The van der Waals surface area contributed by atoms with Crippen LogP contribution in [-0.4, -0.2) is 54.5 Å². The summed E-state index contributed by atoms with van der Waals surface area (Å²) in [5.41, 5.74) is 6.09. The number of piperidine rings is 1. The third-order valence-electron chi connectivity index (χ3n) is 5.84. The van der Waals surface area contributed by atoms with Gasteiger partial charge >= 0.3 is 0 Å². The predicted octanol–water partition coefficient (Wildman–Crippen LogP) is 2.68. The lowest BCUT2D eigenvalue weighted by molar-refractivity contribution is -0.133. The van der Waals surface area contributed by atoms with E-state index in [-0.39, 0.29) is 30.9 Å². The molecule has 2 aliphatic heterocycles. The van der Waals surface area contributed by atoms with Crippen LogP contribution in [0.25, 0.3) is 0 Å². The molecule has 3 aliphatic rings. The number of halogens is 2. The van der Waals surface area contributed by atoms with E-state index in [0.29, 0.717) is 18.2 Å². The maximum atomic E-state index is 12.4. The van der Waals surface area contributed by atoms with Crippen molar-refractivity contribution in [3.63, 3.8) is 0 Å². The largest absolute Gasteiger partial charge is 0.343 e. The Labute approximate surface area is 153 Å². The van der Waals surface area contributed by atoms with Crippen LogP contribution in [-0.2, 0) is 4.79 Å². The highest BCUT2D eigenvalue weighted by Gasteiger charge is 2.30. The molecule has 0 radical (unpaired) electrons. The van der Waals surface area contributed by atoms with E-state index in [0.717, 1.165) is 31.8 Å². The zero-order valence-corrected chi connectivity index (χ0v) is 15.8. The lowest BCUT2D eigenvalue weighted by Gasteiger charge is -2.34. The van der Waals surface area contributed by atoms with Gasteiger partial charge in [0.15, 0.2) is 0 Å². The van der Waals surface area contributed by atoms with Crippen LogP contribution >= 0.6 is 24.8 Å². The van der Waals surface area contributed by atoms with Crippen LogP contribution in [0.1, 0.15) is 51.4 Å². The minimum Gasteiger partial charge on any atom is -0.343 e. The Morgan fingerprint density at radius 3 is 2.13 bits per heavy atom. The summed E-state index contributed by atoms with van der Waals surface area (Å²) in [6.07, 6.45) is 9.29. The Morgan fingerprint density at radius 1 is 0.913 bits per heavy atom. The molecule has 3 rings (SSSR count). The zero-order valence-electron chi connectivity index (χ0n) is 14.1. The highest BCUT2D eigenvalue weighted by Crippen LogP contribution is 2.28. The molecule has 0 spiro atoms. The second kappa shape index (κ2) is 10.1. The number of hydrogen-bond donors (Lipinski definition) is 1. The molecule has 0 aromatic carbocycles. The van der Waals surface area contributed by atoms with Crippen molar-refractivity contribution >= 4 is 30.7 Å². The van der Waals surface area contributed by atoms with Crippen molar-refractivity contribution in [1.82, 2.24) is 9.80 Å². The van der Waals surface area contributed by atoms with E-state index in [4.69, 9.17) is 5.73 Å². The second-order valence-electron chi connectivity index (χ2n) is 7.39. The van der Waals surface area contributed by atoms with Gasteiger partial charge in [-0.1, -0.05) is 6.42 Å². The molecule has 2 atom stereocenters. The molecule has 1 saturated carbocycles. The topological polar surface area (TPSA) is 49.6 Å². The molecule has 0 bridgehead atoms. The van der Waals surface area contributed by atoms with E-state index >= 15 is 0 Å². The summed E-state index contributed by atoms with van der Waals surface area (Å²) in [6, 6.07) is 0.265. The Hall–Kier alpha value is -0.0300. The maximum absolute atomic E-state index is 12.4. The summed E-state index contributed by atoms with van der Waals surface area (Å²) in [6.45, 7) is 5.78. The average Bonchev–Trinajstić information content (AvgIpc) is 3.12. The Morgan fingerprint density at radius 2 is 1.57 bits per heavy atom. The molecule has 0 aromatic heterocycles. The molecule has 0 aromatic rings. The summed E-state index contributed by atoms with van der Waals surface area (Å²) in [7, 11) is 0. The van der Waals surface area contributed by atoms with Gasteiger partial charge in [0.2, 0.25) is 5.91 Å². The molecular formula is C17H33Cl2N3O. The number of nitrogens with two attached hydrogens (primary N) is 1. The van der Waals surface area contributed by atoms with Crippen molar-refractivity contribution in [3.8, 4) is 0 Å². The van der Waals surface area contributed by atoms with Crippen molar-refractivity contribution in [1.29, 1.82) is 0 Å². The lowest BCUT2D eigenvalue weighted by atomic mass is 9.94. The first-order valence-electron chi connectivity index (χ1n) is 8.98. The van der Waals surface area contributed by atoms with Gasteiger partial charge in [-0.25, -0.2) is 0 Å². The highest BCUT2D eigenvalue weighted by atomic mass is 35.5. The molecule has 136 valence electrons. The summed E-state index contributed by atoms with van der Waals surface area (Å²) >= 11 is 0. The van der Waals surface area contributed by atoms with Gasteiger partial charge in [0.1, 0.15) is 0 Å². The molecular weight excluding hydrogens is 333 g/mol. The van der Waals surface area contributed by atoms with E-state index in [2.05, 4.69) is 9.80 Å². The third kappa shape index (κ3) is 5.77. The lowest BCUT2D eigenvalue weighted by Crippen LogP contribution is -2.42. The molecule has 1 aliphatic carbocycles. The van der Waals surface area contributed by atoms with Gasteiger partial charge in [-0.05, 0) is 63.5 Å². The summed E-state index contributed by atoms with van der Waals surface area (Å²) in [5.74, 6) is 1.61. The highest BCUT2D eigenvalue weighted by molar-refractivity contribution is 5.85. The number of nitrogens with zero attached hydrogens (tertiary/aromatic N) is 2. The van der Waals surface area contributed by atoms with E-state index in [1.165, 1.54) is 51.7 Å². The second-order valence-corrected chi connectivity index (χ2v) is 7.39. The van der Waals surface area contributed by atoms with Crippen molar-refractivity contribution in [3.05, 3.63) is 0 Å². The van der Waals surface area contributed by atoms with Gasteiger partial charge in [-0.15, -0.1) is 24.8 Å². The van der Waals surface area contributed by atoms with Crippen LogP contribution in [0.4, 0.5) is 0 Å². The fourth-order valence-corrected chi connectivity index (χ4v) is 4.37. The number of carbonyl (C=O) groups excluding carboxylic acids is 1. The maximum Gasteiger partial charge on any atom is 0.222 e. The Balaban J connectivity index is 0.00000132. The molecule has 0 unspecified atom stereocenters. The van der Waals surface area contributed by atoms with Gasteiger partial charge in [0.25, 0.3) is 0 Å². The van der Waals surface area contributed by atoms with Gasteiger partial charge in [-0.2, -0.15) is 0 Å². The molecule has 2 saturated heterocycles. The van der Waals surface area contributed by atoms with Crippen molar-refractivity contribution in [2.24, 2.45) is 17.6 Å². The smallest absolute Gasteiger partial charge is 0.222 e. The normalized spacial score (nSPS) is 29.2. The SMILES string of the molecule is Cl.Cl.N[C@@H]1CCC[C@H]1CC(=O)N1CCC(CN2CCCC2)CC1. The van der Waals surface area contributed by atoms with E-state index < -0.39 is 0 Å². The van der Waals surface area contributed by atoms with Crippen LogP contribution in [0.3, 0.4) is 0 Å². The Bertz CT molecular complexity index is 356. The molecule has 3 fully saturated rings. The van der Waals surface area contributed by atoms with Crippen molar-refractivity contribution in [2.75, 3.05) is 32.7 Å². The van der Waals surface area contributed by atoms with Crippen LogP contribution in [0.5, 0.6) is 0 Å². The van der Waals surface area contributed by atoms with Gasteiger partial charge in [-0.3, -0.25) is 4.79 Å². The number of carbonyl (C=O) groups is 1. The molecule has 4 nitrogen and oxygen atoms in total. The minimum absolute atomic E-state index is 0. The predicted molar refractivity (Wildman–Crippen MR) is 99.4 cm³/mol. The quantitative estimate of drug-likeness (QED) is 0.832. The monoisotopic (exact) mass is 365 g/mol. The van der Waals surface area contributed by atoms with Crippen LogP contribution in [0.15, 0.2) is 0 Å². The van der Waals surface area contributed by atoms with Crippen molar-refractivity contribution in [2.45, 2.75) is 57.4 Å². The van der Waals surface area contributed by atoms with Gasteiger partial charge < -0.3 is 15.5 Å². The fraction of sp³-hybridized carbons (Fsp3) is 0.941. The molecule has 2 N–H and O–H groups in total. The van der Waals surface area contributed by atoms with Crippen LogP contribution in [0, 0.1) is 11.8 Å². The van der Waals surface area contributed by atoms with Crippen LogP contribution < -0.4 is 5.73 Å². The van der Waals surface area contributed by atoms with E-state index in [1.54, 1.807) is 0 Å².